The highest BCUT2D eigenvalue weighted by atomic mass is 16.4. The summed E-state index contributed by atoms with van der Waals surface area (Å²) in [5.41, 5.74) is 1.13. The molecule has 1 aromatic heterocycles. The van der Waals surface area contributed by atoms with Gasteiger partial charge in [-0.15, -0.1) is 0 Å². The molecule has 0 bridgehead atoms. The Morgan fingerprint density at radius 3 is 2.60 bits per heavy atom. The topological polar surface area (TPSA) is 35.1 Å². The minimum Gasteiger partial charge on any atom is -0.416 e. The zero-order valence-electron chi connectivity index (χ0n) is 8.59. The quantitative estimate of drug-likeness (QED) is 0.768. The van der Waals surface area contributed by atoms with Gasteiger partial charge in [-0.2, -0.15) is 0 Å². The van der Waals surface area contributed by atoms with E-state index in [1.807, 2.05) is 30.3 Å². The third-order valence-corrected chi connectivity index (χ3v) is 2.51. The van der Waals surface area contributed by atoms with Gasteiger partial charge in [0.05, 0.1) is 6.04 Å². The van der Waals surface area contributed by atoms with Gasteiger partial charge in [-0.1, -0.05) is 37.3 Å². The van der Waals surface area contributed by atoms with Gasteiger partial charge < -0.3 is 4.42 Å². The smallest absolute Gasteiger partial charge is 0.416 e. The van der Waals surface area contributed by atoms with Crippen molar-refractivity contribution >= 4 is 0 Å². The number of oxazole rings is 1. The van der Waals surface area contributed by atoms with E-state index in [1.54, 1.807) is 10.8 Å². The van der Waals surface area contributed by atoms with E-state index in [2.05, 4.69) is 6.92 Å². The van der Waals surface area contributed by atoms with Crippen LogP contribution in [-0.2, 0) is 0 Å². The molecule has 1 heterocycles. The summed E-state index contributed by atoms with van der Waals surface area (Å²) in [7, 11) is 0. The fourth-order valence-corrected chi connectivity index (χ4v) is 1.78. The van der Waals surface area contributed by atoms with Gasteiger partial charge in [0.25, 0.3) is 0 Å². The largest absolute Gasteiger partial charge is 0.419 e. The first-order chi connectivity index (χ1) is 7.33. The summed E-state index contributed by atoms with van der Waals surface area (Å²) in [5, 5.41) is 0. The highest BCUT2D eigenvalue weighted by Gasteiger charge is 2.13. The first kappa shape index (κ1) is 9.77. The summed E-state index contributed by atoms with van der Waals surface area (Å²) in [6.07, 6.45) is 3.97. The molecule has 0 radical (unpaired) electrons. The van der Waals surface area contributed by atoms with Crippen molar-refractivity contribution in [3.8, 4) is 0 Å². The van der Waals surface area contributed by atoms with Gasteiger partial charge in [0.15, 0.2) is 0 Å². The summed E-state index contributed by atoms with van der Waals surface area (Å²) in [6, 6.07) is 10.0. The molecule has 0 fully saturated rings. The number of nitrogens with zero attached hydrogens (tertiary/aromatic N) is 1. The van der Waals surface area contributed by atoms with Crippen molar-refractivity contribution in [2.75, 3.05) is 0 Å². The predicted molar refractivity (Wildman–Crippen MR) is 57.8 cm³/mol. The van der Waals surface area contributed by atoms with Crippen LogP contribution in [0, 0.1) is 0 Å². The van der Waals surface area contributed by atoms with E-state index in [1.165, 1.54) is 6.26 Å². The van der Waals surface area contributed by atoms with Crippen LogP contribution in [0.3, 0.4) is 0 Å². The van der Waals surface area contributed by atoms with E-state index in [4.69, 9.17) is 4.42 Å². The monoisotopic (exact) mass is 203 g/mol. The van der Waals surface area contributed by atoms with E-state index in [9.17, 15) is 4.79 Å². The lowest BCUT2D eigenvalue weighted by Crippen LogP contribution is -2.20. The summed E-state index contributed by atoms with van der Waals surface area (Å²) >= 11 is 0. The summed E-state index contributed by atoms with van der Waals surface area (Å²) in [5.74, 6) is -0.300. The molecule has 3 heteroatoms. The SMILES string of the molecule is CC[C@H](c1ccccc1)n1ccoc1=O. The second kappa shape index (κ2) is 4.17. The Labute approximate surface area is 88.0 Å². The molecule has 15 heavy (non-hydrogen) atoms. The van der Waals surface area contributed by atoms with Crippen molar-refractivity contribution in [3.05, 3.63) is 58.9 Å². The maximum absolute atomic E-state index is 11.4. The highest BCUT2D eigenvalue weighted by Crippen LogP contribution is 2.19. The lowest BCUT2D eigenvalue weighted by Gasteiger charge is -2.14. The van der Waals surface area contributed by atoms with E-state index >= 15 is 0 Å². The normalized spacial score (nSPS) is 12.6. The van der Waals surface area contributed by atoms with Gasteiger partial charge >= 0.3 is 5.76 Å². The molecule has 0 amide bonds. The molecule has 0 saturated heterocycles. The molecule has 1 atom stereocenters. The third kappa shape index (κ3) is 1.86. The molecular formula is C12H13NO2. The van der Waals surface area contributed by atoms with Gasteiger partial charge in [-0.05, 0) is 12.0 Å². The maximum atomic E-state index is 11.4. The van der Waals surface area contributed by atoms with Gasteiger partial charge in [0.1, 0.15) is 6.26 Å². The van der Waals surface area contributed by atoms with Gasteiger partial charge in [0, 0.05) is 6.20 Å². The number of hydrogen-bond donors (Lipinski definition) is 0. The van der Waals surface area contributed by atoms with E-state index in [0.29, 0.717) is 0 Å². The molecule has 0 N–H and O–H groups in total. The molecule has 0 unspecified atom stereocenters. The van der Waals surface area contributed by atoms with Crippen molar-refractivity contribution in [1.29, 1.82) is 0 Å². The number of hydrogen-bond acceptors (Lipinski definition) is 2. The third-order valence-electron chi connectivity index (χ3n) is 2.51. The minimum absolute atomic E-state index is 0.0671. The van der Waals surface area contributed by atoms with Crippen LogP contribution >= 0.6 is 0 Å². The fourth-order valence-electron chi connectivity index (χ4n) is 1.78. The van der Waals surface area contributed by atoms with Crippen LogP contribution < -0.4 is 5.76 Å². The van der Waals surface area contributed by atoms with Crippen LogP contribution in [0.25, 0.3) is 0 Å². The molecule has 3 nitrogen and oxygen atoms in total. The predicted octanol–water partition coefficient (Wildman–Crippen LogP) is 2.44. The highest BCUT2D eigenvalue weighted by molar-refractivity contribution is 5.19. The van der Waals surface area contributed by atoms with Crippen LogP contribution in [0.1, 0.15) is 24.9 Å². The van der Waals surface area contributed by atoms with Crippen LogP contribution in [0.15, 0.2) is 52.0 Å². The molecule has 0 aliphatic heterocycles. The summed E-state index contributed by atoms with van der Waals surface area (Å²) in [4.78, 5) is 11.4. The standard InChI is InChI=1S/C12H13NO2/c1-2-11(10-6-4-3-5-7-10)13-8-9-15-12(13)14/h3-9,11H,2H2,1H3/t11-/m1/s1. The van der Waals surface area contributed by atoms with E-state index in [0.717, 1.165) is 12.0 Å². The Balaban J connectivity index is 2.42. The first-order valence-corrected chi connectivity index (χ1v) is 5.03. The molecular weight excluding hydrogens is 190 g/mol. The lowest BCUT2D eigenvalue weighted by atomic mass is 10.0. The Kier molecular flexibility index (Phi) is 2.72. The number of benzene rings is 1. The minimum atomic E-state index is -0.300. The second-order valence-corrected chi connectivity index (χ2v) is 3.41. The van der Waals surface area contributed by atoms with E-state index < -0.39 is 0 Å². The first-order valence-electron chi connectivity index (χ1n) is 5.03. The van der Waals surface area contributed by atoms with Crippen molar-refractivity contribution in [2.45, 2.75) is 19.4 Å². The average Bonchev–Trinajstić information content (AvgIpc) is 2.68. The van der Waals surface area contributed by atoms with E-state index in [-0.39, 0.29) is 11.8 Å². The average molecular weight is 203 g/mol. The van der Waals surface area contributed by atoms with Crippen molar-refractivity contribution in [3.63, 3.8) is 0 Å². The summed E-state index contributed by atoms with van der Waals surface area (Å²) in [6.45, 7) is 2.05. The van der Waals surface area contributed by atoms with Gasteiger partial charge in [0.2, 0.25) is 0 Å². The summed E-state index contributed by atoms with van der Waals surface area (Å²) < 4.78 is 6.40. The lowest BCUT2D eigenvalue weighted by molar-refractivity contribution is 0.449. The Morgan fingerprint density at radius 1 is 1.33 bits per heavy atom. The van der Waals surface area contributed by atoms with Gasteiger partial charge in [-0.25, -0.2) is 4.79 Å². The van der Waals surface area contributed by atoms with Crippen LogP contribution in [0.4, 0.5) is 0 Å². The maximum Gasteiger partial charge on any atom is 0.419 e. The number of aromatic nitrogens is 1. The molecule has 0 aliphatic carbocycles. The van der Waals surface area contributed by atoms with Crippen molar-refractivity contribution in [1.82, 2.24) is 4.57 Å². The van der Waals surface area contributed by atoms with Crippen LogP contribution in [0.2, 0.25) is 0 Å². The second-order valence-electron chi connectivity index (χ2n) is 3.41. The molecule has 78 valence electrons. The Hall–Kier alpha value is -1.77. The Bertz CT molecular complexity index is 470. The molecule has 2 aromatic rings. The van der Waals surface area contributed by atoms with Crippen LogP contribution in [-0.4, -0.2) is 4.57 Å². The molecule has 0 aliphatic rings. The van der Waals surface area contributed by atoms with Crippen molar-refractivity contribution < 1.29 is 4.42 Å². The molecule has 1 aromatic carbocycles. The zero-order chi connectivity index (χ0) is 10.7. The fraction of sp³-hybridized carbons (Fsp3) is 0.250. The number of rotatable bonds is 3. The Morgan fingerprint density at radius 2 is 2.07 bits per heavy atom. The van der Waals surface area contributed by atoms with Crippen LogP contribution in [0.5, 0.6) is 0 Å². The van der Waals surface area contributed by atoms with Crippen molar-refractivity contribution in [2.24, 2.45) is 0 Å². The molecule has 0 spiro atoms. The molecule has 2 rings (SSSR count). The zero-order valence-corrected chi connectivity index (χ0v) is 8.59. The van der Waals surface area contributed by atoms with Gasteiger partial charge in [-0.3, -0.25) is 4.57 Å². The molecule has 0 saturated carbocycles.